The molecule has 0 aliphatic carbocycles. The second kappa shape index (κ2) is 6.28. The Morgan fingerprint density at radius 2 is 2.27 bits per heavy atom. The molecule has 0 radical (unpaired) electrons. The minimum atomic E-state index is -0.166. The Hall–Kier alpha value is -1.57. The minimum absolute atomic E-state index is 0.116. The van der Waals surface area contributed by atoms with Crippen LogP contribution in [0, 0.1) is 12.1 Å². The van der Waals surface area contributed by atoms with Gasteiger partial charge in [0.25, 0.3) is 0 Å². The number of rotatable bonds is 5. The van der Waals surface area contributed by atoms with Crippen molar-refractivity contribution in [2.24, 2.45) is 5.73 Å². The van der Waals surface area contributed by atoms with Gasteiger partial charge in [-0.2, -0.15) is 9.49 Å². The summed E-state index contributed by atoms with van der Waals surface area (Å²) in [6.07, 6.45) is 2.55. The average molecular weight is 336 g/mol. The summed E-state index contributed by atoms with van der Waals surface area (Å²) in [7, 11) is 0. The summed E-state index contributed by atoms with van der Waals surface area (Å²) >= 11 is 2.81. The highest BCUT2D eigenvalue weighted by molar-refractivity contribution is 7.19. The zero-order chi connectivity index (χ0) is 15.7. The van der Waals surface area contributed by atoms with Crippen LogP contribution in [-0.4, -0.2) is 16.2 Å². The predicted molar refractivity (Wildman–Crippen MR) is 91.1 cm³/mol. The summed E-state index contributed by atoms with van der Waals surface area (Å²) in [5, 5.41) is 13.3. The molecule has 0 aromatic carbocycles. The zero-order valence-corrected chi connectivity index (χ0v) is 14.0. The molecule has 0 unspecified atom stereocenters. The standard InChI is InChI=1S/C15H17FN4S2/c1-8(17)3-12-9(2)14-15(22-12)11(6-19-20-14)18-5-10-4-13(16)21-7-10/h4,6-8H,3,5,17H2,1-2H3,(H,18,20)/t8-/m0/s1. The molecule has 0 aliphatic heterocycles. The van der Waals surface area contributed by atoms with Crippen LogP contribution >= 0.6 is 22.7 Å². The fourth-order valence-corrected chi connectivity index (χ4v) is 4.31. The largest absolute Gasteiger partial charge is 0.378 e. The minimum Gasteiger partial charge on any atom is -0.378 e. The normalized spacial score (nSPS) is 12.7. The number of nitrogens with zero attached hydrogens (tertiary/aromatic N) is 2. The van der Waals surface area contributed by atoms with Crippen molar-refractivity contribution in [1.82, 2.24) is 10.2 Å². The SMILES string of the molecule is Cc1c(C[C@H](C)N)sc2c(NCc3csc(F)c3)cnnc12. The summed E-state index contributed by atoms with van der Waals surface area (Å²) in [6, 6.07) is 1.66. The van der Waals surface area contributed by atoms with Crippen LogP contribution in [0.3, 0.4) is 0 Å². The number of thiophene rings is 2. The van der Waals surface area contributed by atoms with Crippen molar-refractivity contribution in [1.29, 1.82) is 0 Å². The first-order chi connectivity index (χ1) is 10.5. The van der Waals surface area contributed by atoms with Crippen LogP contribution in [0.25, 0.3) is 10.2 Å². The van der Waals surface area contributed by atoms with Crippen molar-refractivity contribution in [2.75, 3.05) is 5.32 Å². The number of nitrogens with two attached hydrogens (primary N) is 1. The van der Waals surface area contributed by atoms with E-state index >= 15 is 0 Å². The van der Waals surface area contributed by atoms with Crippen molar-refractivity contribution in [3.8, 4) is 0 Å². The topological polar surface area (TPSA) is 63.8 Å². The van der Waals surface area contributed by atoms with E-state index < -0.39 is 0 Å². The third-order valence-electron chi connectivity index (χ3n) is 3.42. The molecule has 0 bridgehead atoms. The number of aromatic nitrogens is 2. The van der Waals surface area contributed by atoms with E-state index in [2.05, 4.69) is 22.4 Å². The lowest BCUT2D eigenvalue weighted by Crippen LogP contribution is -2.17. The van der Waals surface area contributed by atoms with Gasteiger partial charge in [0.05, 0.1) is 16.6 Å². The average Bonchev–Trinajstić information content (AvgIpc) is 3.02. The Labute approximate surface area is 136 Å². The molecule has 0 saturated heterocycles. The summed E-state index contributed by atoms with van der Waals surface area (Å²) in [5.74, 6) is 0. The summed E-state index contributed by atoms with van der Waals surface area (Å²) in [4.78, 5) is 1.25. The van der Waals surface area contributed by atoms with Crippen LogP contribution in [0.5, 0.6) is 0 Å². The maximum Gasteiger partial charge on any atom is 0.176 e. The highest BCUT2D eigenvalue weighted by Crippen LogP contribution is 2.34. The van der Waals surface area contributed by atoms with E-state index in [1.807, 2.05) is 12.3 Å². The summed E-state index contributed by atoms with van der Waals surface area (Å²) < 4.78 is 14.1. The first-order valence-corrected chi connectivity index (χ1v) is 8.70. The van der Waals surface area contributed by atoms with Gasteiger partial charge in [-0.25, -0.2) is 0 Å². The molecule has 22 heavy (non-hydrogen) atoms. The lowest BCUT2D eigenvalue weighted by Gasteiger charge is -2.05. The van der Waals surface area contributed by atoms with Crippen LogP contribution in [0.1, 0.15) is 22.9 Å². The fraction of sp³-hybridized carbons (Fsp3) is 0.333. The van der Waals surface area contributed by atoms with Gasteiger partial charge in [-0.15, -0.1) is 27.8 Å². The van der Waals surface area contributed by atoms with Gasteiger partial charge in [-0.1, -0.05) is 0 Å². The molecule has 0 fully saturated rings. The van der Waals surface area contributed by atoms with Crippen LogP contribution in [0.4, 0.5) is 10.1 Å². The maximum atomic E-state index is 13.0. The molecular formula is C15H17FN4S2. The van der Waals surface area contributed by atoms with Gasteiger partial charge >= 0.3 is 0 Å². The Kier molecular flexibility index (Phi) is 4.37. The smallest absolute Gasteiger partial charge is 0.176 e. The number of hydrogen-bond acceptors (Lipinski definition) is 6. The first-order valence-electron chi connectivity index (χ1n) is 7.00. The van der Waals surface area contributed by atoms with E-state index in [9.17, 15) is 4.39 Å². The van der Waals surface area contributed by atoms with E-state index in [0.717, 1.165) is 44.8 Å². The number of halogens is 1. The Bertz CT molecular complexity index is 794. The van der Waals surface area contributed by atoms with Crippen LogP contribution in [0.2, 0.25) is 0 Å². The molecule has 116 valence electrons. The van der Waals surface area contributed by atoms with E-state index in [1.165, 1.54) is 4.88 Å². The molecule has 0 saturated carbocycles. The Balaban J connectivity index is 1.89. The van der Waals surface area contributed by atoms with Gasteiger partial charge in [0.1, 0.15) is 5.52 Å². The van der Waals surface area contributed by atoms with E-state index in [-0.39, 0.29) is 11.2 Å². The van der Waals surface area contributed by atoms with Gasteiger partial charge < -0.3 is 11.1 Å². The highest BCUT2D eigenvalue weighted by atomic mass is 32.1. The Morgan fingerprint density at radius 3 is 2.95 bits per heavy atom. The molecule has 7 heteroatoms. The van der Waals surface area contributed by atoms with Crippen LogP contribution in [0.15, 0.2) is 17.6 Å². The monoisotopic (exact) mass is 336 g/mol. The lowest BCUT2D eigenvalue weighted by molar-refractivity contribution is 0.656. The third-order valence-corrected chi connectivity index (χ3v) is 5.52. The fourth-order valence-electron chi connectivity index (χ4n) is 2.31. The number of hydrogen-bond donors (Lipinski definition) is 2. The maximum absolute atomic E-state index is 13.0. The molecule has 4 nitrogen and oxygen atoms in total. The Morgan fingerprint density at radius 1 is 1.45 bits per heavy atom. The molecule has 3 N–H and O–H groups in total. The van der Waals surface area contributed by atoms with Gasteiger partial charge in [0.15, 0.2) is 5.13 Å². The van der Waals surface area contributed by atoms with Crippen molar-refractivity contribution < 1.29 is 4.39 Å². The quantitative estimate of drug-likeness (QED) is 0.746. The molecule has 0 amide bonds. The summed E-state index contributed by atoms with van der Waals surface area (Å²) in [5.41, 5.74) is 9.84. The lowest BCUT2D eigenvalue weighted by atomic mass is 10.1. The van der Waals surface area contributed by atoms with Crippen molar-refractivity contribution in [3.05, 3.63) is 38.8 Å². The molecule has 1 atom stereocenters. The molecule has 3 aromatic rings. The molecule has 0 spiro atoms. The predicted octanol–water partition coefficient (Wildman–Crippen LogP) is 3.70. The van der Waals surface area contributed by atoms with Gasteiger partial charge in [-0.05, 0) is 42.8 Å². The van der Waals surface area contributed by atoms with Crippen LogP contribution < -0.4 is 11.1 Å². The number of fused-ring (bicyclic) bond motifs is 1. The van der Waals surface area contributed by atoms with Crippen LogP contribution in [-0.2, 0) is 13.0 Å². The molecule has 3 heterocycles. The van der Waals surface area contributed by atoms with Crippen molar-refractivity contribution >= 4 is 38.6 Å². The van der Waals surface area contributed by atoms with E-state index in [4.69, 9.17) is 5.73 Å². The molecule has 0 aliphatic rings. The second-order valence-corrected chi connectivity index (χ2v) is 7.35. The second-order valence-electron chi connectivity index (χ2n) is 5.38. The molecular weight excluding hydrogens is 319 g/mol. The third kappa shape index (κ3) is 3.11. The zero-order valence-electron chi connectivity index (χ0n) is 12.4. The molecule has 3 aromatic heterocycles. The number of nitrogens with one attached hydrogen (secondary N) is 1. The van der Waals surface area contributed by atoms with Gasteiger partial charge in [0.2, 0.25) is 0 Å². The first kappa shape index (κ1) is 15.3. The van der Waals surface area contributed by atoms with Crippen molar-refractivity contribution in [3.63, 3.8) is 0 Å². The van der Waals surface area contributed by atoms with Gasteiger partial charge in [-0.3, -0.25) is 0 Å². The molecule has 3 rings (SSSR count). The van der Waals surface area contributed by atoms with E-state index in [0.29, 0.717) is 6.54 Å². The summed E-state index contributed by atoms with van der Waals surface area (Å²) in [6.45, 7) is 4.63. The highest BCUT2D eigenvalue weighted by Gasteiger charge is 2.14. The van der Waals surface area contributed by atoms with Crippen molar-refractivity contribution in [2.45, 2.75) is 32.9 Å². The van der Waals surface area contributed by atoms with E-state index in [1.54, 1.807) is 23.6 Å². The van der Waals surface area contributed by atoms with Gasteiger partial charge in [0, 0.05) is 17.5 Å². The number of anilines is 1. The number of aryl methyl sites for hydroxylation is 1.